The smallest absolute Gasteiger partial charge is 0.271 e. The van der Waals surface area contributed by atoms with E-state index in [2.05, 4.69) is 5.32 Å². The highest BCUT2D eigenvalue weighted by atomic mass is 32.2. The first-order valence-corrected chi connectivity index (χ1v) is 10.8. The number of nitrogens with zero attached hydrogens (tertiary/aromatic N) is 2. The number of hydrogen-bond acceptors (Lipinski definition) is 5. The maximum Gasteiger partial charge on any atom is 0.271 e. The Balaban J connectivity index is 1.97. The molecule has 0 spiro atoms. The van der Waals surface area contributed by atoms with Crippen molar-refractivity contribution in [3.8, 4) is 0 Å². The predicted molar refractivity (Wildman–Crippen MR) is 119 cm³/mol. The Labute approximate surface area is 180 Å². The monoisotopic (exact) mass is 439 g/mol. The molecule has 31 heavy (non-hydrogen) atoms. The van der Waals surface area contributed by atoms with Crippen molar-refractivity contribution in [1.82, 2.24) is 0 Å². The average Bonchev–Trinajstić information content (AvgIpc) is 2.75. The van der Waals surface area contributed by atoms with Crippen LogP contribution in [0, 0.1) is 24.0 Å². The van der Waals surface area contributed by atoms with E-state index < -0.39 is 27.4 Å². The molecular weight excluding hydrogens is 418 g/mol. The third kappa shape index (κ3) is 4.89. The van der Waals surface area contributed by atoms with Gasteiger partial charge in [-0.15, -0.1) is 0 Å². The number of nitro benzene ring substituents is 1. The van der Waals surface area contributed by atoms with Crippen molar-refractivity contribution in [1.29, 1.82) is 0 Å². The van der Waals surface area contributed by atoms with Gasteiger partial charge < -0.3 is 5.32 Å². The van der Waals surface area contributed by atoms with Gasteiger partial charge in [-0.3, -0.25) is 19.2 Å². The Morgan fingerprint density at radius 2 is 1.68 bits per heavy atom. The fourth-order valence-corrected chi connectivity index (χ4v) is 4.55. The van der Waals surface area contributed by atoms with Gasteiger partial charge in [0, 0.05) is 17.8 Å². The Kier molecular flexibility index (Phi) is 6.36. The molecule has 9 heteroatoms. The van der Waals surface area contributed by atoms with Gasteiger partial charge in [0.25, 0.3) is 15.7 Å². The molecule has 3 rings (SSSR count). The lowest BCUT2D eigenvalue weighted by atomic mass is 10.1. The number of rotatable bonds is 7. The first-order valence-electron chi connectivity index (χ1n) is 9.38. The van der Waals surface area contributed by atoms with Gasteiger partial charge in [-0.05, 0) is 49.2 Å². The largest absolute Gasteiger partial charge is 0.324 e. The lowest BCUT2D eigenvalue weighted by Gasteiger charge is -2.26. The molecule has 0 aliphatic carbocycles. The van der Waals surface area contributed by atoms with E-state index in [0.717, 1.165) is 15.4 Å². The van der Waals surface area contributed by atoms with Crippen LogP contribution in [0.2, 0.25) is 0 Å². The van der Waals surface area contributed by atoms with Crippen LogP contribution in [0.15, 0.2) is 77.7 Å². The zero-order valence-electron chi connectivity index (χ0n) is 17.0. The van der Waals surface area contributed by atoms with Gasteiger partial charge in [-0.1, -0.05) is 36.4 Å². The van der Waals surface area contributed by atoms with Gasteiger partial charge in [-0.25, -0.2) is 8.42 Å². The summed E-state index contributed by atoms with van der Waals surface area (Å²) in [5.74, 6) is -0.624. The van der Waals surface area contributed by atoms with Crippen LogP contribution in [-0.4, -0.2) is 25.8 Å². The fraction of sp³-hybridized carbons (Fsp3) is 0.136. The van der Waals surface area contributed by atoms with Gasteiger partial charge in [0.1, 0.15) is 6.54 Å². The van der Waals surface area contributed by atoms with E-state index in [4.69, 9.17) is 0 Å². The molecule has 0 aromatic heterocycles. The molecule has 0 atom stereocenters. The maximum atomic E-state index is 13.4. The number of aryl methyl sites for hydroxylation is 1. The number of anilines is 2. The summed E-state index contributed by atoms with van der Waals surface area (Å²) in [5.41, 5.74) is 2.02. The van der Waals surface area contributed by atoms with E-state index in [-0.39, 0.29) is 16.3 Å². The topological polar surface area (TPSA) is 110 Å². The van der Waals surface area contributed by atoms with Crippen molar-refractivity contribution >= 4 is 33.0 Å². The van der Waals surface area contributed by atoms with Crippen LogP contribution in [0.1, 0.15) is 11.1 Å². The van der Waals surface area contributed by atoms with Crippen molar-refractivity contribution in [2.45, 2.75) is 18.7 Å². The Morgan fingerprint density at radius 1 is 1.00 bits per heavy atom. The summed E-state index contributed by atoms with van der Waals surface area (Å²) in [7, 11) is -4.04. The lowest BCUT2D eigenvalue weighted by molar-refractivity contribution is -0.384. The molecule has 1 N–H and O–H groups in total. The molecule has 0 aliphatic rings. The van der Waals surface area contributed by atoms with Crippen LogP contribution in [0.4, 0.5) is 17.1 Å². The molecule has 0 bridgehead atoms. The van der Waals surface area contributed by atoms with E-state index >= 15 is 0 Å². The number of amides is 1. The van der Waals surface area contributed by atoms with Crippen molar-refractivity contribution < 1.29 is 18.1 Å². The second-order valence-electron chi connectivity index (χ2n) is 6.90. The Bertz CT molecular complexity index is 1230. The lowest BCUT2D eigenvalue weighted by Crippen LogP contribution is -2.38. The summed E-state index contributed by atoms with van der Waals surface area (Å²) in [5, 5.41) is 13.5. The summed E-state index contributed by atoms with van der Waals surface area (Å²) >= 11 is 0. The van der Waals surface area contributed by atoms with E-state index in [1.165, 1.54) is 36.4 Å². The maximum absolute atomic E-state index is 13.4. The van der Waals surface area contributed by atoms with Gasteiger partial charge in [0.2, 0.25) is 5.91 Å². The normalized spacial score (nSPS) is 11.0. The van der Waals surface area contributed by atoms with Gasteiger partial charge in [0.05, 0.1) is 15.5 Å². The minimum absolute atomic E-state index is 0.0547. The average molecular weight is 439 g/mol. The number of hydrogen-bond donors (Lipinski definition) is 1. The molecule has 0 aliphatic heterocycles. The molecule has 160 valence electrons. The molecule has 0 heterocycles. The standard InChI is InChI=1S/C22H21N3O5S/c1-16-8-6-13-21(17(16)2)24(31(29,30)20-11-4-3-5-12-20)15-22(26)23-18-9-7-10-19(14-18)25(27)28/h3-14H,15H2,1-2H3,(H,23,26). The summed E-state index contributed by atoms with van der Waals surface area (Å²) < 4.78 is 27.8. The number of carbonyl (C=O) groups is 1. The number of non-ortho nitro benzene ring substituents is 1. The molecule has 8 nitrogen and oxygen atoms in total. The van der Waals surface area contributed by atoms with Gasteiger partial charge >= 0.3 is 0 Å². The van der Waals surface area contributed by atoms with Crippen LogP contribution in [0.5, 0.6) is 0 Å². The van der Waals surface area contributed by atoms with Crippen molar-refractivity contribution in [2.75, 3.05) is 16.2 Å². The minimum Gasteiger partial charge on any atom is -0.324 e. The molecule has 3 aromatic rings. The zero-order valence-corrected chi connectivity index (χ0v) is 17.8. The second-order valence-corrected chi connectivity index (χ2v) is 8.76. The number of carbonyl (C=O) groups excluding carboxylic acids is 1. The zero-order chi connectivity index (χ0) is 22.6. The highest BCUT2D eigenvalue weighted by Crippen LogP contribution is 2.28. The van der Waals surface area contributed by atoms with Crippen molar-refractivity contribution in [3.05, 3.63) is 94.0 Å². The highest BCUT2D eigenvalue weighted by molar-refractivity contribution is 7.92. The van der Waals surface area contributed by atoms with Gasteiger partial charge in [0.15, 0.2) is 0 Å². The molecular formula is C22H21N3O5S. The minimum atomic E-state index is -4.04. The van der Waals surface area contributed by atoms with Crippen LogP contribution in [0.3, 0.4) is 0 Å². The molecule has 0 fully saturated rings. The summed E-state index contributed by atoms with van der Waals surface area (Å²) in [6.07, 6.45) is 0. The van der Waals surface area contributed by atoms with Crippen LogP contribution < -0.4 is 9.62 Å². The fourth-order valence-electron chi connectivity index (χ4n) is 3.05. The first-order chi connectivity index (χ1) is 14.7. The summed E-state index contributed by atoms with van der Waals surface area (Å²) in [6, 6.07) is 18.5. The van der Waals surface area contributed by atoms with Crippen molar-refractivity contribution in [3.63, 3.8) is 0 Å². The third-order valence-electron chi connectivity index (χ3n) is 4.80. The number of nitrogens with one attached hydrogen (secondary N) is 1. The molecule has 0 unspecified atom stereocenters. The SMILES string of the molecule is Cc1cccc(N(CC(=O)Nc2cccc([N+](=O)[O-])c2)S(=O)(=O)c2ccccc2)c1C. The molecule has 0 saturated heterocycles. The molecule has 0 radical (unpaired) electrons. The Hall–Kier alpha value is -3.72. The third-order valence-corrected chi connectivity index (χ3v) is 6.58. The van der Waals surface area contributed by atoms with Crippen LogP contribution >= 0.6 is 0 Å². The van der Waals surface area contributed by atoms with Crippen LogP contribution in [-0.2, 0) is 14.8 Å². The number of nitro groups is 1. The van der Waals surface area contributed by atoms with E-state index in [9.17, 15) is 23.3 Å². The molecule has 0 saturated carbocycles. The van der Waals surface area contributed by atoms with E-state index in [1.54, 1.807) is 37.3 Å². The van der Waals surface area contributed by atoms with E-state index in [1.807, 2.05) is 13.0 Å². The Morgan fingerprint density at radius 3 is 2.35 bits per heavy atom. The molecule has 1 amide bonds. The first kappa shape index (κ1) is 22.0. The van der Waals surface area contributed by atoms with E-state index in [0.29, 0.717) is 5.69 Å². The summed E-state index contributed by atoms with van der Waals surface area (Å²) in [4.78, 5) is 23.2. The molecule has 3 aromatic carbocycles. The second kappa shape index (κ2) is 8.97. The predicted octanol–water partition coefficient (Wildman–Crippen LogP) is 4.05. The number of sulfonamides is 1. The van der Waals surface area contributed by atoms with Crippen molar-refractivity contribution in [2.24, 2.45) is 0 Å². The summed E-state index contributed by atoms with van der Waals surface area (Å²) in [6.45, 7) is 3.15. The van der Waals surface area contributed by atoms with Crippen LogP contribution in [0.25, 0.3) is 0 Å². The van der Waals surface area contributed by atoms with Gasteiger partial charge in [-0.2, -0.15) is 0 Å². The quantitative estimate of drug-likeness (QED) is 0.441. The number of benzene rings is 3. The highest BCUT2D eigenvalue weighted by Gasteiger charge is 2.28.